The van der Waals surface area contributed by atoms with Gasteiger partial charge in [0.05, 0.1) is 6.04 Å². The molecule has 1 N–H and O–H groups in total. The van der Waals surface area contributed by atoms with Gasteiger partial charge >= 0.3 is 0 Å². The van der Waals surface area contributed by atoms with Gasteiger partial charge in [0.15, 0.2) is 6.29 Å². The molecule has 4 nitrogen and oxygen atoms in total. The van der Waals surface area contributed by atoms with Crippen molar-refractivity contribution in [2.75, 3.05) is 14.2 Å². The van der Waals surface area contributed by atoms with Crippen molar-refractivity contribution in [3.05, 3.63) is 33.8 Å². The molecule has 1 atom stereocenters. The summed E-state index contributed by atoms with van der Waals surface area (Å²) in [5.74, 6) is -0.147. The molecule has 1 rings (SSSR count). The van der Waals surface area contributed by atoms with E-state index in [0.717, 1.165) is 10.0 Å². The molecule has 0 spiro atoms. The highest BCUT2D eigenvalue weighted by Crippen LogP contribution is 2.15. The third-order valence-electron chi connectivity index (χ3n) is 2.54. The first kappa shape index (κ1) is 15.1. The Kier molecular flexibility index (Phi) is 5.78. The molecule has 0 aliphatic carbocycles. The first-order valence-corrected chi connectivity index (χ1v) is 6.41. The smallest absolute Gasteiger partial charge is 0.251 e. The molecule has 0 heterocycles. The Morgan fingerprint density at radius 2 is 1.89 bits per heavy atom. The van der Waals surface area contributed by atoms with E-state index in [1.54, 1.807) is 20.3 Å². The zero-order valence-electron chi connectivity index (χ0n) is 11.0. The van der Waals surface area contributed by atoms with Gasteiger partial charge in [-0.2, -0.15) is 0 Å². The normalized spacial score (nSPS) is 12.6. The van der Waals surface area contributed by atoms with Gasteiger partial charge in [-0.15, -0.1) is 0 Å². The number of benzene rings is 1. The molecule has 1 amide bonds. The van der Waals surface area contributed by atoms with Gasteiger partial charge in [0.2, 0.25) is 0 Å². The van der Waals surface area contributed by atoms with E-state index in [1.807, 2.05) is 26.0 Å². The van der Waals surface area contributed by atoms with Gasteiger partial charge in [0.1, 0.15) is 0 Å². The number of aryl methyl sites for hydroxylation is 1. The number of methoxy groups -OCH3 is 2. The molecule has 0 radical (unpaired) electrons. The number of carbonyl (C=O) groups is 1. The van der Waals surface area contributed by atoms with Crippen molar-refractivity contribution < 1.29 is 14.3 Å². The van der Waals surface area contributed by atoms with Crippen LogP contribution in [0.15, 0.2) is 22.7 Å². The summed E-state index contributed by atoms with van der Waals surface area (Å²) in [7, 11) is 3.08. The Morgan fingerprint density at radius 3 is 2.39 bits per heavy atom. The van der Waals surface area contributed by atoms with Crippen LogP contribution in [0.2, 0.25) is 0 Å². The summed E-state index contributed by atoms with van der Waals surface area (Å²) >= 11 is 3.37. The lowest BCUT2D eigenvalue weighted by Gasteiger charge is -2.22. The maximum Gasteiger partial charge on any atom is 0.251 e. The number of amides is 1. The van der Waals surface area contributed by atoms with E-state index < -0.39 is 6.29 Å². The number of halogens is 1. The van der Waals surface area contributed by atoms with Crippen molar-refractivity contribution in [2.24, 2.45) is 0 Å². The third kappa shape index (κ3) is 4.08. The van der Waals surface area contributed by atoms with Crippen LogP contribution in [0.4, 0.5) is 0 Å². The molecule has 18 heavy (non-hydrogen) atoms. The molecular formula is C13H18BrNO3. The van der Waals surface area contributed by atoms with E-state index in [1.165, 1.54) is 0 Å². The van der Waals surface area contributed by atoms with Gasteiger partial charge in [-0.3, -0.25) is 4.79 Å². The lowest BCUT2D eigenvalue weighted by molar-refractivity contribution is -0.117. The second-order valence-electron chi connectivity index (χ2n) is 4.12. The van der Waals surface area contributed by atoms with Crippen LogP contribution in [0.5, 0.6) is 0 Å². The maximum absolute atomic E-state index is 12.1. The van der Waals surface area contributed by atoms with Gasteiger partial charge in [0.25, 0.3) is 5.91 Å². The molecule has 0 saturated carbocycles. The van der Waals surface area contributed by atoms with Crippen LogP contribution in [-0.2, 0) is 9.47 Å². The van der Waals surface area contributed by atoms with E-state index >= 15 is 0 Å². The summed E-state index contributed by atoms with van der Waals surface area (Å²) in [5, 5.41) is 2.84. The highest BCUT2D eigenvalue weighted by Gasteiger charge is 2.18. The topological polar surface area (TPSA) is 47.6 Å². The summed E-state index contributed by atoms with van der Waals surface area (Å²) in [6, 6.07) is 5.34. The van der Waals surface area contributed by atoms with Crippen molar-refractivity contribution in [3.63, 3.8) is 0 Å². The van der Waals surface area contributed by atoms with E-state index in [2.05, 4.69) is 21.2 Å². The summed E-state index contributed by atoms with van der Waals surface area (Å²) < 4.78 is 11.1. The lowest BCUT2D eigenvalue weighted by atomic mass is 10.1. The highest BCUT2D eigenvalue weighted by atomic mass is 79.9. The molecule has 1 unspecified atom stereocenters. The molecule has 0 fully saturated rings. The molecule has 1 aromatic carbocycles. The summed E-state index contributed by atoms with van der Waals surface area (Å²) in [5.41, 5.74) is 1.64. The minimum Gasteiger partial charge on any atom is -0.354 e. The van der Waals surface area contributed by atoms with E-state index in [-0.39, 0.29) is 11.9 Å². The second-order valence-corrected chi connectivity index (χ2v) is 5.03. The average Bonchev–Trinajstić information content (AvgIpc) is 2.29. The van der Waals surface area contributed by atoms with Crippen LogP contribution >= 0.6 is 15.9 Å². The predicted molar refractivity (Wildman–Crippen MR) is 73.6 cm³/mol. The highest BCUT2D eigenvalue weighted by molar-refractivity contribution is 9.10. The molecule has 0 bridgehead atoms. The minimum atomic E-state index is -0.456. The van der Waals surface area contributed by atoms with Gasteiger partial charge in [-0.1, -0.05) is 15.9 Å². The third-order valence-corrected chi connectivity index (χ3v) is 2.99. The number of hydrogen-bond acceptors (Lipinski definition) is 3. The quantitative estimate of drug-likeness (QED) is 0.849. The molecule has 0 saturated heterocycles. The Balaban J connectivity index is 2.76. The Bertz CT molecular complexity index is 398. The Hall–Kier alpha value is -0.910. The molecule has 1 aromatic rings. The van der Waals surface area contributed by atoms with Crippen molar-refractivity contribution in [3.8, 4) is 0 Å². The zero-order valence-corrected chi connectivity index (χ0v) is 12.6. The van der Waals surface area contributed by atoms with Gasteiger partial charge in [0, 0.05) is 24.3 Å². The van der Waals surface area contributed by atoms with Crippen LogP contribution in [-0.4, -0.2) is 32.5 Å². The summed E-state index contributed by atoms with van der Waals surface area (Å²) in [6.07, 6.45) is -0.456. The summed E-state index contributed by atoms with van der Waals surface area (Å²) in [4.78, 5) is 12.1. The average molecular weight is 316 g/mol. The van der Waals surface area contributed by atoms with E-state index in [4.69, 9.17) is 9.47 Å². The SMILES string of the molecule is COC(OC)C(C)NC(=O)c1cc(C)cc(Br)c1. The lowest BCUT2D eigenvalue weighted by Crippen LogP contribution is -2.42. The van der Waals surface area contributed by atoms with Gasteiger partial charge in [-0.05, 0) is 37.6 Å². The molecule has 100 valence electrons. The van der Waals surface area contributed by atoms with E-state index in [0.29, 0.717) is 5.56 Å². The fourth-order valence-corrected chi connectivity index (χ4v) is 2.34. The standard InChI is InChI=1S/C13H18BrNO3/c1-8-5-10(7-11(14)6-8)12(16)15-9(2)13(17-3)18-4/h5-7,9,13H,1-4H3,(H,15,16). The fraction of sp³-hybridized carbons (Fsp3) is 0.462. The number of rotatable bonds is 5. The Labute approximate surface area is 116 Å². The van der Waals surface area contributed by atoms with Crippen molar-refractivity contribution in [2.45, 2.75) is 26.2 Å². The van der Waals surface area contributed by atoms with Crippen LogP contribution in [0, 0.1) is 6.92 Å². The second kappa shape index (κ2) is 6.87. The zero-order chi connectivity index (χ0) is 13.7. The Morgan fingerprint density at radius 1 is 1.28 bits per heavy atom. The first-order chi connectivity index (χ1) is 8.47. The molecule has 0 aromatic heterocycles. The fourth-order valence-electron chi connectivity index (χ4n) is 1.73. The number of ether oxygens (including phenoxy) is 2. The maximum atomic E-state index is 12.1. The predicted octanol–water partition coefficient (Wildman–Crippen LogP) is 2.49. The van der Waals surface area contributed by atoms with Crippen molar-refractivity contribution in [1.82, 2.24) is 5.32 Å². The van der Waals surface area contributed by atoms with Crippen LogP contribution in [0.1, 0.15) is 22.8 Å². The minimum absolute atomic E-state index is 0.147. The molecule has 0 aliphatic heterocycles. The summed E-state index contributed by atoms with van der Waals surface area (Å²) in [6.45, 7) is 3.78. The number of nitrogens with one attached hydrogen (secondary N) is 1. The van der Waals surface area contributed by atoms with E-state index in [9.17, 15) is 4.79 Å². The van der Waals surface area contributed by atoms with Crippen LogP contribution < -0.4 is 5.32 Å². The largest absolute Gasteiger partial charge is 0.354 e. The van der Waals surface area contributed by atoms with Crippen LogP contribution in [0.3, 0.4) is 0 Å². The molecular weight excluding hydrogens is 298 g/mol. The van der Waals surface area contributed by atoms with Crippen LogP contribution in [0.25, 0.3) is 0 Å². The number of hydrogen-bond donors (Lipinski definition) is 1. The van der Waals surface area contributed by atoms with Crippen molar-refractivity contribution >= 4 is 21.8 Å². The van der Waals surface area contributed by atoms with Gasteiger partial charge in [-0.25, -0.2) is 0 Å². The monoisotopic (exact) mass is 315 g/mol. The van der Waals surface area contributed by atoms with Gasteiger partial charge < -0.3 is 14.8 Å². The van der Waals surface area contributed by atoms with Crippen molar-refractivity contribution in [1.29, 1.82) is 0 Å². The molecule has 0 aliphatic rings. The first-order valence-electron chi connectivity index (χ1n) is 5.61. The number of carbonyl (C=O) groups excluding carboxylic acids is 1. The molecule has 5 heteroatoms.